The largest absolute Gasteiger partial charge is 0.481 e. The maximum atomic E-state index is 13.2. The van der Waals surface area contributed by atoms with Crippen molar-refractivity contribution in [1.82, 2.24) is 4.90 Å². The van der Waals surface area contributed by atoms with Crippen molar-refractivity contribution in [1.29, 1.82) is 0 Å². The summed E-state index contributed by atoms with van der Waals surface area (Å²) < 4.78 is 79.5. The minimum Gasteiger partial charge on any atom is -0.481 e. The zero-order valence-electron chi connectivity index (χ0n) is 18.5. The summed E-state index contributed by atoms with van der Waals surface area (Å²) in [5.74, 6) is -2.22. The Morgan fingerprint density at radius 3 is 2.03 bits per heavy atom. The van der Waals surface area contributed by atoms with Gasteiger partial charge in [-0.3, -0.25) is 9.59 Å². The molecule has 0 saturated heterocycles. The molecular formula is C25H21F6NO3. The van der Waals surface area contributed by atoms with Gasteiger partial charge in [-0.25, -0.2) is 0 Å². The molecule has 10 heteroatoms. The van der Waals surface area contributed by atoms with Gasteiger partial charge < -0.3 is 10.0 Å². The van der Waals surface area contributed by atoms with E-state index in [2.05, 4.69) is 0 Å². The number of fused-ring (bicyclic) bond motifs is 1. The molecule has 3 rings (SSSR count). The van der Waals surface area contributed by atoms with Crippen molar-refractivity contribution in [2.75, 3.05) is 7.05 Å². The van der Waals surface area contributed by atoms with E-state index in [9.17, 15) is 35.9 Å². The Bertz CT molecular complexity index is 1200. The number of carbonyl (C=O) groups is 2. The zero-order valence-corrected chi connectivity index (χ0v) is 18.5. The van der Waals surface area contributed by atoms with Crippen LogP contribution in [0.2, 0.25) is 0 Å². The Hall–Kier alpha value is -3.56. The first-order chi connectivity index (χ1) is 16.3. The van der Waals surface area contributed by atoms with Crippen LogP contribution in [-0.2, 0) is 23.6 Å². The smallest absolute Gasteiger partial charge is 0.416 e. The lowest BCUT2D eigenvalue weighted by Crippen LogP contribution is -2.39. The summed E-state index contributed by atoms with van der Waals surface area (Å²) in [6.07, 6.45) is -10.4. The summed E-state index contributed by atoms with van der Waals surface area (Å²) in [7, 11) is 1.24. The van der Waals surface area contributed by atoms with Gasteiger partial charge in [-0.05, 0) is 47.4 Å². The molecule has 3 aromatic carbocycles. The molecule has 3 aromatic rings. The average molecular weight is 497 g/mol. The van der Waals surface area contributed by atoms with Crippen LogP contribution in [0.5, 0.6) is 0 Å². The number of carboxylic acid groups (broad SMARTS) is 1. The maximum absolute atomic E-state index is 13.2. The third-order valence-corrected chi connectivity index (χ3v) is 5.73. The third kappa shape index (κ3) is 6.32. The number of benzene rings is 3. The van der Waals surface area contributed by atoms with Gasteiger partial charge in [0.15, 0.2) is 0 Å². The van der Waals surface area contributed by atoms with Crippen LogP contribution in [0.1, 0.15) is 39.9 Å². The predicted molar refractivity (Wildman–Crippen MR) is 117 cm³/mol. The molecule has 1 unspecified atom stereocenters. The lowest BCUT2D eigenvalue weighted by Gasteiger charge is -2.29. The molecule has 0 heterocycles. The first-order valence-electron chi connectivity index (χ1n) is 10.5. The molecule has 1 amide bonds. The van der Waals surface area contributed by atoms with E-state index in [4.69, 9.17) is 5.11 Å². The first kappa shape index (κ1) is 26.1. The van der Waals surface area contributed by atoms with E-state index in [1.54, 1.807) is 18.2 Å². The highest BCUT2D eigenvalue weighted by Crippen LogP contribution is 2.36. The Kier molecular flexibility index (Phi) is 7.42. The van der Waals surface area contributed by atoms with Crippen molar-refractivity contribution >= 4 is 22.6 Å². The number of alkyl halides is 6. The molecule has 0 aromatic heterocycles. The Morgan fingerprint density at radius 2 is 1.46 bits per heavy atom. The molecular weight excluding hydrogens is 476 g/mol. The van der Waals surface area contributed by atoms with Gasteiger partial charge >= 0.3 is 18.3 Å². The van der Waals surface area contributed by atoms with E-state index in [-0.39, 0.29) is 25.3 Å². The molecule has 0 aliphatic carbocycles. The van der Waals surface area contributed by atoms with Crippen LogP contribution in [0.3, 0.4) is 0 Å². The average Bonchev–Trinajstić information content (AvgIpc) is 2.79. The minimum absolute atomic E-state index is 0.0468. The second-order valence-corrected chi connectivity index (χ2v) is 8.14. The second-order valence-electron chi connectivity index (χ2n) is 8.14. The van der Waals surface area contributed by atoms with Crippen LogP contribution in [0.25, 0.3) is 10.8 Å². The molecule has 0 radical (unpaired) electrons. The molecule has 0 fully saturated rings. The van der Waals surface area contributed by atoms with E-state index < -0.39 is 47.0 Å². The van der Waals surface area contributed by atoms with Crippen LogP contribution in [0.4, 0.5) is 26.3 Å². The summed E-state index contributed by atoms with van der Waals surface area (Å²) in [5, 5.41) is 10.9. The van der Waals surface area contributed by atoms with Crippen molar-refractivity contribution < 1.29 is 41.0 Å². The van der Waals surface area contributed by atoms with Gasteiger partial charge in [-0.15, -0.1) is 0 Å². The van der Waals surface area contributed by atoms with Crippen LogP contribution < -0.4 is 0 Å². The van der Waals surface area contributed by atoms with Gasteiger partial charge in [0.2, 0.25) is 0 Å². The highest BCUT2D eigenvalue weighted by atomic mass is 19.4. The minimum atomic E-state index is -5.10. The number of carbonyl (C=O) groups excluding carboxylic acids is 1. The monoisotopic (exact) mass is 497 g/mol. The fourth-order valence-corrected chi connectivity index (χ4v) is 3.89. The number of amides is 1. The molecule has 1 N–H and O–H groups in total. The van der Waals surface area contributed by atoms with Crippen LogP contribution in [-0.4, -0.2) is 35.0 Å². The number of likely N-dealkylation sites (N-methyl/N-ethyl adjacent to an activating group) is 1. The van der Waals surface area contributed by atoms with Crippen LogP contribution >= 0.6 is 0 Å². The Labute approximate surface area is 196 Å². The molecule has 0 spiro atoms. The van der Waals surface area contributed by atoms with Crippen LogP contribution in [0, 0.1) is 0 Å². The van der Waals surface area contributed by atoms with Crippen molar-refractivity contribution in [3.63, 3.8) is 0 Å². The van der Waals surface area contributed by atoms with Gasteiger partial charge in [0.1, 0.15) is 0 Å². The summed E-state index contributed by atoms with van der Waals surface area (Å²) in [6.45, 7) is 0. The van der Waals surface area contributed by atoms with E-state index >= 15 is 0 Å². The molecule has 186 valence electrons. The number of hydrogen-bond acceptors (Lipinski definition) is 2. The van der Waals surface area contributed by atoms with Gasteiger partial charge in [-0.1, -0.05) is 42.5 Å². The summed E-state index contributed by atoms with van der Waals surface area (Å²) in [6, 6.07) is 12.6. The fourth-order valence-electron chi connectivity index (χ4n) is 3.89. The number of halogens is 6. The predicted octanol–water partition coefficient (Wildman–Crippen LogP) is 6.43. The highest BCUT2D eigenvalue weighted by molar-refractivity contribution is 5.95. The van der Waals surface area contributed by atoms with Gasteiger partial charge in [0, 0.05) is 25.1 Å². The third-order valence-electron chi connectivity index (χ3n) is 5.73. The molecule has 0 saturated carbocycles. The number of nitrogens with zero attached hydrogens (tertiary/aromatic N) is 1. The maximum Gasteiger partial charge on any atom is 0.416 e. The Balaban J connectivity index is 2.00. The van der Waals surface area contributed by atoms with E-state index in [0.717, 1.165) is 21.2 Å². The molecule has 35 heavy (non-hydrogen) atoms. The zero-order chi connectivity index (χ0) is 26.0. The molecule has 1 atom stereocenters. The molecule has 4 nitrogen and oxygen atoms in total. The number of hydrogen-bond donors (Lipinski definition) is 1. The van der Waals surface area contributed by atoms with Gasteiger partial charge in [-0.2, -0.15) is 26.3 Å². The number of aliphatic carboxylic acids is 1. The van der Waals surface area contributed by atoms with Crippen molar-refractivity contribution in [3.05, 3.63) is 82.9 Å². The SMILES string of the molecule is CN(C(=O)c1cc(C(F)(F)F)cc(C(F)(F)F)c1)C(CCC(=O)O)Cc1cccc2ccccc12. The van der Waals surface area contributed by atoms with E-state index in [1.807, 2.05) is 24.3 Å². The van der Waals surface area contributed by atoms with Crippen molar-refractivity contribution in [3.8, 4) is 0 Å². The summed E-state index contributed by atoms with van der Waals surface area (Å²) >= 11 is 0. The van der Waals surface area contributed by atoms with Crippen LogP contribution in [0.15, 0.2) is 60.7 Å². The molecule has 0 aliphatic heterocycles. The normalized spacial score (nSPS) is 13.0. The van der Waals surface area contributed by atoms with Crippen molar-refractivity contribution in [2.45, 2.75) is 37.7 Å². The summed E-state index contributed by atoms with van der Waals surface area (Å²) in [5.41, 5.74) is -3.22. The van der Waals surface area contributed by atoms with E-state index in [1.165, 1.54) is 7.05 Å². The van der Waals surface area contributed by atoms with Gasteiger partial charge in [0.05, 0.1) is 11.1 Å². The Morgan fingerprint density at radius 1 is 0.886 bits per heavy atom. The molecule has 0 aliphatic rings. The van der Waals surface area contributed by atoms with E-state index in [0.29, 0.717) is 12.1 Å². The highest BCUT2D eigenvalue weighted by Gasteiger charge is 2.38. The number of rotatable bonds is 7. The standard InChI is InChI=1S/C25H21F6NO3/c1-32(23(35)17-11-18(24(26,27)28)14-19(12-17)25(29,30)31)20(9-10-22(33)34)13-16-7-4-6-15-5-2-3-8-21(15)16/h2-8,11-12,14,20H,9-10,13H2,1H3,(H,33,34). The quantitative estimate of drug-likeness (QED) is 0.383. The topological polar surface area (TPSA) is 57.6 Å². The lowest BCUT2D eigenvalue weighted by molar-refractivity contribution is -0.143. The fraction of sp³-hybridized carbons (Fsp3) is 0.280. The summed E-state index contributed by atoms with van der Waals surface area (Å²) in [4.78, 5) is 25.3. The second kappa shape index (κ2) is 9.97. The van der Waals surface area contributed by atoms with Crippen molar-refractivity contribution in [2.24, 2.45) is 0 Å². The molecule has 0 bridgehead atoms. The van der Waals surface area contributed by atoms with Gasteiger partial charge in [0.25, 0.3) is 5.91 Å². The lowest BCUT2D eigenvalue weighted by atomic mass is 9.95. The number of carboxylic acids is 1. The first-order valence-corrected chi connectivity index (χ1v) is 10.5.